The molecule has 0 saturated carbocycles. The normalized spacial score (nSPS) is 23.4. The van der Waals surface area contributed by atoms with Gasteiger partial charge in [0.15, 0.2) is 0 Å². The Morgan fingerprint density at radius 1 is 1.58 bits per heavy atom. The zero-order chi connectivity index (χ0) is 8.81. The second-order valence-corrected chi connectivity index (χ2v) is 2.54. The number of allylic oxidation sites excluding steroid dienone is 3. The van der Waals surface area contributed by atoms with Crippen LogP contribution in [-0.4, -0.2) is 13.7 Å². The summed E-state index contributed by atoms with van der Waals surface area (Å²) in [5, 5.41) is 0. The van der Waals surface area contributed by atoms with Gasteiger partial charge < -0.3 is 9.31 Å². The molecule has 1 aliphatic rings. The van der Waals surface area contributed by atoms with E-state index in [0.29, 0.717) is 12.4 Å². The Balaban J connectivity index is 2.56. The Morgan fingerprint density at radius 3 is 3.17 bits per heavy atom. The van der Waals surface area contributed by atoms with Crippen LogP contribution in [0.5, 0.6) is 0 Å². The highest BCUT2D eigenvalue weighted by molar-refractivity contribution is 6.44. The van der Waals surface area contributed by atoms with Gasteiger partial charge in [0.05, 0.1) is 12.4 Å². The van der Waals surface area contributed by atoms with Gasteiger partial charge in [-0.25, -0.2) is 0 Å². The van der Waals surface area contributed by atoms with Gasteiger partial charge in [0.1, 0.15) is 0 Å². The maximum atomic E-state index is 5.38. The van der Waals surface area contributed by atoms with Crippen molar-refractivity contribution < 1.29 is 9.31 Å². The zero-order valence-corrected chi connectivity index (χ0v) is 7.32. The molecule has 1 rings (SSSR count). The second-order valence-electron chi connectivity index (χ2n) is 2.54. The average molecular weight is 164 g/mol. The van der Waals surface area contributed by atoms with Gasteiger partial charge in [-0.05, 0) is 12.4 Å². The number of hydrogen-bond acceptors (Lipinski definition) is 2. The lowest BCUT2D eigenvalue weighted by atomic mass is 9.86. The predicted octanol–water partition coefficient (Wildman–Crippen LogP) is 2.17. The van der Waals surface area contributed by atoms with Crippen LogP contribution < -0.4 is 0 Å². The van der Waals surface area contributed by atoms with Crippen LogP contribution in [-0.2, 0) is 9.31 Å². The van der Waals surface area contributed by atoms with Crippen LogP contribution in [0.1, 0.15) is 6.92 Å². The summed E-state index contributed by atoms with van der Waals surface area (Å²) in [6, 6.07) is 0. The summed E-state index contributed by atoms with van der Waals surface area (Å²) in [6.45, 7) is 6.34. The number of rotatable bonds is 1. The molecule has 0 saturated heterocycles. The lowest BCUT2D eigenvalue weighted by molar-refractivity contribution is 0.267. The molecule has 0 fully saturated rings. The third-order valence-electron chi connectivity index (χ3n) is 1.52. The lowest BCUT2D eigenvalue weighted by Gasteiger charge is -2.12. The third kappa shape index (κ3) is 2.97. The van der Waals surface area contributed by atoms with Gasteiger partial charge >= 0.3 is 7.12 Å². The molecule has 0 N–H and O–H groups in total. The Kier molecular flexibility index (Phi) is 3.68. The lowest BCUT2D eigenvalue weighted by Crippen LogP contribution is -2.20. The van der Waals surface area contributed by atoms with Crippen molar-refractivity contribution in [3.63, 3.8) is 0 Å². The van der Waals surface area contributed by atoms with Gasteiger partial charge in [0.25, 0.3) is 0 Å². The number of hydrogen-bond donors (Lipinski definition) is 0. The molecule has 0 aromatic carbocycles. The maximum Gasteiger partial charge on any atom is 0.525 e. The molecule has 1 heterocycles. The minimum atomic E-state index is -0.162. The van der Waals surface area contributed by atoms with Crippen molar-refractivity contribution in [3.05, 3.63) is 36.6 Å². The fourth-order valence-corrected chi connectivity index (χ4v) is 0.903. The Bertz CT molecular complexity index is 209. The zero-order valence-electron chi connectivity index (χ0n) is 7.32. The van der Waals surface area contributed by atoms with E-state index in [1.54, 1.807) is 0 Å². The van der Waals surface area contributed by atoms with E-state index in [-0.39, 0.29) is 7.12 Å². The van der Waals surface area contributed by atoms with Crippen LogP contribution in [0.15, 0.2) is 36.6 Å². The summed E-state index contributed by atoms with van der Waals surface area (Å²) in [4.78, 5) is 0. The first-order chi connectivity index (χ1) is 5.83. The molecule has 1 aliphatic heterocycles. The van der Waals surface area contributed by atoms with Gasteiger partial charge in [-0.15, -0.1) is 0 Å². The van der Waals surface area contributed by atoms with E-state index in [1.807, 2.05) is 31.2 Å². The van der Waals surface area contributed by atoms with Gasteiger partial charge in [0.2, 0.25) is 0 Å². The molecule has 0 atom stereocenters. The van der Waals surface area contributed by atoms with E-state index < -0.39 is 0 Å². The molecule has 0 radical (unpaired) electrons. The van der Waals surface area contributed by atoms with E-state index in [4.69, 9.17) is 9.31 Å². The van der Waals surface area contributed by atoms with E-state index in [9.17, 15) is 0 Å². The molecule has 12 heavy (non-hydrogen) atoms. The highest BCUT2D eigenvalue weighted by Crippen LogP contribution is 2.06. The fourth-order valence-electron chi connectivity index (χ4n) is 0.903. The van der Waals surface area contributed by atoms with Crippen LogP contribution in [0.3, 0.4) is 0 Å². The van der Waals surface area contributed by atoms with Gasteiger partial charge in [-0.3, -0.25) is 0 Å². The van der Waals surface area contributed by atoms with E-state index >= 15 is 0 Å². The molecule has 0 aliphatic carbocycles. The van der Waals surface area contributed by atoms with E-state index in [0.717, 1.165) is 6.32 Å². The van der Waals surface area contributed by atoms with Crippen LogP contribution in [0.2, 0.25) is 6.32 Å². The fraction of sp³-hybridized carbons (Fsp3) is 0.333. The first kappa shape index (κ1) is 9.14. The quantitative estimate of drug-likeness (QED) is 0.553. The summed E-state index contributed by atoms with van der Waals surface area (Å²) in [5.74, 6) is 0.647. The highest BCUT2D eigenvalue weighted by Gasteiger charge is 2.16. The van der Waals surface area contributed by atoms with Crippen molar-refractivity contribution >= 4 is 7.12 Å². The Labute approximate surface area is 73.7 Å². The van der Waals surface area contributed by atoms with Gasteiger partial charge in [0, 0.05) is 0 Å². The summed E-state index contributed by atoms with van der Waals surface area (Å²) in [7, 11) is -0.162. The monoisotopic (exact) mass is 164 g/mol. The van der Waals surface area contributed by atoms with Gasteiger partial charge in [-0.1, -0.05) is 31.7 Å². The largest absolute Gasteiger partial charge is 0.536 e. The van der Waals surface area contributed by atoms with Crippen molar-refractivity contribution in [3.8, 4) is 0 Å². The molecule has 2 nitrogen and oxygen atoms in total. The Morgan fingerprint density at radius 2 is 2.42 bits per heavy atom. The van der Waals surface area contributed by atoms with Crippen molar-refractivity contribution in [1.29, 1.82) is 0 Å². The Hall–Kier alpha value is -0.955. The topological polar surface area (TPSA) is 18.5 Å². The molecule has 0 aromatic rings. The first-order valence-electron chi connectivity index (χ1n) is 4.13. The molecule has 0 aromatic heterocycles. The van der Waals surface area contributed by atoms with E-state index in [1.165, 1.54) is 0 Å². The van der Waals surface area contributed by atoms with Crippen molar-refractivity contribution in [2.75, 3.05) is 6.61 Å². The highest BCUT2D eigenvalue weighted by atomic mass is 16.6. The second kappa shape index (κ2) is 4.83. The minimum absolute atomic E-state index is 0.162. The summed E-state index contributed by atoms with van der Waals surface area (Å²) < 4.78 is 10.7. The molecular weight excluding hydrogens is 151 g/mol. The van der Waals surface area contributed by atoms with Crippen molar-refractivity contribution in [2.24, 2.45) is 0 Å². The van der Waals surface area contributed by atoms with Crippen LogP contribution in [0.25, 0.3) is 0 Å². The molecule has 64 valence electrons. The maximum absolute atomic E-state index is 5.38. The minimum Gasteiger partial charge on any atom is -0.536 e. The van der Waals surface area contributed by atoms with Gasteiger partial charge in [-0.2, -0.15) is 0 Å². The van der Waals surface area contributed by atoms with Crippen molar-refractivity contribution in [2.45, 2.75) is 13.2 Å². The first-order valence-corrected chi connectivity index (χ1v) is 4.13. The standard InChI is InChI=1S/C9H13BO2/c1-3-10-11-8-6-4-5-7-9(2)12-10/h4-7H,2-3,8H2,1H3/b6-4-,7-5-. The van der Waals surface area contributed by atoms with Crippen molar-refractivity contribution in [1.82, 2.24) is 0 Å². The molecule has 0 unspecified atom stereocenters. The third-order valence-corrected chi connectivity index (χ3v) is 1.52. The smallest absolute Gasteiger partial charge is 0.525 e. The predicted molar refractivity (Wildman–Crippen MR) is 50.7 cm³/mol. The van der Waals surface area contributed by atoms with Crippen LogP contribution in [0, 0.1) is 0 Å². The molecule has 0 spiro atoms. The molecular formula is C9H13BO2. The summed E-state index contributed by atoms with van der Waals surface area (Å²) in [5.41, 5.74) is 0. The molecule has 3 heteroatoms. The van der Waals surface area contributed by atoms with E-state index in [2.05, 4.69) is 6.58 Å². The summed E-state index contributed by atoms with van der Waals surface area (Å²) >= 11 is 0. The SMILES string of the molecule is C=C1/C=C\C=C/COB(CC)O1. The van der Waals surface area contributed by atoms with Crippen LogP contribution in [0.4, 0.5) is 0 Å². The van der Waals surface area contributed by atoms with Crippen LogP contribution >= 0.6 is 0 Å². The summed E-state index contributed by atoms with van der Waals surface area (Å²) in [6.07, 6.45) is 8.42. The average Bonchev–Trinajstić information content (AvgIpc) is 2.16. The molecule has 0 amide bonds. The molecule has 0 bridgehead atoms.